The molecule has 90 valence electrons. The molecule has 0 bridgehead atoms. The van der Waals surface area contributed by atoms with E-state index in [1.807, 2.05) is 7.05 Å². The number of hydrogen-bond donors (Lipinski definition) is 3. The second-order valence-electron chi connectivity index (χ2n) is 5.13. The lowest BCUT2D eigenvalue weighted by Gasteiger charge is -2.15. The molecule has 3 heteroatoms. The Kier molecular flexibility index (Phi) is 2.56. The Morgan fingerprint density at radius 2 is 2.06 bits per heavy atom. The fourth-order valence-corrected chi connectivity index (χ4v) is 2.47. The van der Waals surface area contributed by atoms with Gasteiger partial charge in [0.1, 0.15) is 0 Å². The van der Waals surface area contributed by atoms with Gasteiger partial charge >= 0.3 is 0 Å². The van der Waals surface area contributed by atoms with Crippen molar-refractivity contribution in [1.29, 1.82) is 0 Å². The Morgan fingerprint density at radius 1 is 1.24 bits per heavy atom. The predicted molar refractivity (Wildman–Crippen MR) is 72.4 cm³/mol. The van der Waals surface area contributed by atoms with Crippen LogP contribution >= 0.6 is 0 Å². The van der Waals surface area contributed by atoms with Crippen LogP contribution in [0.25, 0.3) is 10.9 Å². The molecule has 1 aliphatic rings. The Labute approximate surface area is 102 Å². The summed E-state index contributed by atoms with van der Waals surface area (Å²) >= 11 is 0. The third-order valence-corrected chi connectivity index (χ3v) is 3.75. The van der Waals surface area contributed by atoms with E-state index in [9.17, 15) is 0 Å². The molecule has 1 heterocycles. The highest BCUT2D eigenvalue weighted by molar-refractivity contribution is 5.92. The molecule has 0 amide bonds. The molecule has 3 nitrogen and oxygen atoms in total. The summed E-state index contributed by atoms with van der Waals surface area (Å²) in [4.78, 5) is 3.30. The molecule has 1 fully saturated rings. The van der Waals surface area contributed by atoms with Crippen LogP contribution in [0.5, 0.6) is 0 Å². The molecule has 0 unspecified atom stereocenters. The molecular formula is C14H19N3. The van der Waals surface area contributed by atoms with Crippen molar-refractivity contribution < 1.29 is 0 Å². The smallest absolute Gasteiger partial charge is 0.0598 e. The second kappa shape index (κ2) is 4.08. The Morgan fingerprint density at radius 3 is 2.82 bits per heavy atom. The van der Waals surface area contributed by atoms with Crippen molar-refractivity contribution in [1.82, 2.24) is 10.3 Å². The Hall–Kier alpha value is -1.48. The standard InChI is InChI=1S/C14H19N3/c1-15-9-14(6-7-14)10-17-13-8-16-12-5-3-2-4-11(12)13/h2-5,8,15-17H,6-7,9-10H2,1H3. The summed E-state index contributed by atoms with van der Waals surface area (Å²) < 4.78 is 0. The first-order chi connectivity index (χ1) is 8.33. The molecule has 0 radical (unpaired) electrons. The van der Waals surface area contributed by atoms with Gasteiger partial charge in [-0.1, -0.05) is 18.2 Å². The first kappa shape index (κ1) is 10.7. The van der Waals surface area contributed by atoms with E-state index in [1.165, 1.54) is 29.4 Å². The van der Waals surface area contributed by atoms with E-state index in [-0.39, 0.29) is 0 Å². The number of benzene rings is 1. The minimum absolute atomic E-state index is 0.493. The topological polar surface area (TPSA) is 39.8 Å². The molecular weight excluding hydrogens is 210 g/mol. The van der Waals surface area contributed by atoms with Crippen LogP contribution in [0.3, 0.4) is 0 Å². The van der Waals surface area contributed by atoms with E-state index < -0.39 is 0 Å². The summed E-state index contributed by atoms with van der Waals surface area (Å²) in [6.07, 6.45) is 4.74. The molecule has 1 saturated carbocycles. The van der Waals surface area contributed by atoms with E-state index in [0.29, 0.717) is 5.41 Å². The minimum Gasteiger partial charge on any atom is -0.383 e. The molecule has 1 aliphatic carbocycles. The highest BCUT2D eigenvalue weighted by atomic mass is 15.0. The zero-order valence-corrected chi connectivity index (χ0v) is 10.2. The molecule has 1 aromatic carbocycles. The number of para-hydroxylation sites is 1. The van der Waals surface area contributed by atoms with Crippen molar-refractivity contribution in [3.63, 3.8) is 0 Å². The second-order valence-corrected chi connectivity index (χ2v) is 5.13. The number of anilines is 1. The van der Waals surface area contributed by atoms with Gasteiger partial charge in [0.15, 0.2) is 0 Å². The zero-order valence-electron chi connectivity index (χ0n) is 10.2. The summed E-state index contributed by atoms with van der Waals surface area (Å²) in [5.41, 5.74) is 2.92. The van der Waals surface area contributed by atoms with Crippen LogP contribution in [0.15, 0.2) is 30.5 Å². The highest BCUT2D eigenvalue weighted by Gasteiger charge is 2.41. The first-order valence-electron chi connectivity index (χ1n) is 6.28. The highest BCUT2D eigenvalue weighted by Crippen LogP contribution is 2.45. The fourth-order valence-electron chi connectivity index (χ4n) is 2.47. The molecule has 0 atom stereocenters. The number of hydrogen-bond acceptors (Lipinski definition) is 2. The van der Waals surface area contributed by atoms with Crippen LogP contribution in [0, 0.1) is 5.41 Å². The molecule has 3 N–H and O–H groups in total. The molecule has 0 aliphatic heterocycles. The number of aromatic amines is 1. The normalized spacial score (nSPS) is 17.2. The lowest BCUT2D eigenvalue weighted by Crippen LogP contribution is -2.26. The van der Waals surface area contributed by atoms with Crippen molar-refractivity contribution in [3.05, 3.63) is 30.5 Å². The van der Waals surface area contributed by atoms with Crippen LogP contribution in [0.4, 0.5) is 5.69 Å². The van der Waals surface area contributed by atoms with Crippen LogP contribution < -0.4 is 10.6 Å². The first-order valence-corrected chi connectivity index (χ1v) is 6.28. The van der Waals surface area contributed by atoms with E-state index in [1.54, 1.807) is 0 Å². The molecule has 0 saturated heterocycles. The van der Waals surface area contributed by atoms with Gasteiger partial charge in [0.25, 0.3) is 0 Å². The van der Waals surface area contributed by atoms with Gasteiger partial charge in [0, 0.05) is 35.6 Å². The average Bonchev–Trinajstić information content (AvgIpc) is 3.00. The number of rotatable bonds is 5. The fraction of sp³-hybridized carbons (Fsp3) is 0.429. The molecule has 1 aromatic heterocycles. The van der Waals surface area contributed by atoms with Crippen LogP contribution in [-0.2, 0) is 0 Å². The van der Waals surface area contributed by atoms with E-state index in [2.05, 4.69) is 46.1 Å². The van der Waals surface area contributed by atoms with Crippen molar-refractivity contribution >= 4 is 16.6 Å². The zero-order chi connectivity index (χ0) is 11.7. The average molecular weight is 229 g/mol. The third-order valence-electron chi connectivity index (χ3n) is 3.75. The van der Waals surface area contributed by atoms with E-state index >= 15 is 0 Å². The van der Waals surface area contributed by atoms with Crippen LogP contribution in [-0.4, -0.2) is 25.1 Å². The lowest BCUT2D eigenvalue weighted by molar-refractivity contribution is 0.507. The van der Waals surface area contributed by atoms with E-state index in [4.69, 9.17) is 0 Å². The monoisotopic (exact) mass is 229 g/mol. The van der Waals surface area contributed by atoms with Gasteiger partial charge in [0.2, 0.25) is 0 Å². The molecule has 3 rings (SSSR count). The van der Waals surface area contributed by atoms with Gasteiger partial charge in [-0.3, -0.25) is 0 Å². The maximum atomic E-state index is 3.58. The van der Waals surface area contributed by atoms with Crippen molar-refractivity contribution in [2.45, 2.75) is 12.8 Å². The summed E-state index contributed by atoms with van der Waals surface area (Å²) in [5.74, 6) is 0. The van der Waals surface area contributed by atoms with Crippen LogP contribution in [0.2, 0.25) is 0 Å². The van der Waals surface area contributed by atoms with Gasteiger partial charge in [0.05, 0.1) is 5.69 Å². The largest absolute Gasteiger partial charge is 0.383 e. The van der Waals surface area contributed by atoms with Gasteiger partial charge in [-0.05, 0) is 26.0 Å². The molecule has 2 aromatic rings. The summed E-state index contributed by atoms with van der Waals surface area (Å²) in [7, 11) is 2.03. The quantitative estimate of drug-likeness (QED) is 0.737. The lowest BCUT2D eigenvalue weighted by atomic mass is 10.1. The minimum atomic E-state index is 0.493. The van der Waals surface area contributed by atoms with Gasteiger partial charge < -0.3 is 15.6 Å². The summed E-state index contributed by atoms with van der Waals surface area (Å²) in [5, 5.41) is 8.16. The van der Waals surface area contributed by atoms with Crippen molar-refractivity contribution in [2.24, 2.45) is 5.41 Å². The van der Waals surface area contributed by atoms with E-state index in [0.717, 1.165) is 13.1 Å². The third kappa shape index (κ3) is 2.03. The van der Waals surface area contributed by atoms with Crippen molar-refractivity contribution in [2.75, 3.05) is 25.5 Å². The van der Waals surface area contributed by atoms with Gasteiger partial charge in [-0.2, -0.15) is 0 Å². The van der Waals surface area contributed by atoms with Crippen molar-refractivity contribution in [3.8, 4) is 0 Å². The van der Waals surface area contributed by atoms with Gasteiger partial charge in [-0.15, -0.1) is 0 Å². The number of H-pyrrole nitrogens is 1. The molecule has 0 spiro atoms. The van der Waals surface area contributed by atoms with Crippen LogP contribution in [0.1, 0.15) is 12.8 Å². The Bertz CT molecular complexity index is 511. The number of aromatic nitrogens is 1. The van der Waals surface area contributed by atoms with Gasteiger partial charge in [-0.25, -0.2) is 0 Å². The predicted octanol–water partition coefficient (Wildman–Crippen LogP) is 2.58. The Balaban J connectivity index is 1.73. The number of nitrogens with one attached hydrogen (secondary N) is 3. The number of fused-ring (bicyclic) bond motifs is 1. The summed E-state index contributed by atoms with van der Waals surface area (Å²) in [6.45, 7) is 2.18. The maximum Gasteiger partial charge on any atom is 0.0598 e. The summed E-state index contributed by atoms with van der Waals surface area (Å²) in [6, 6.07) is 8.42. The molecule has 17 heavy (non-hydrogen) atoms. The maximum absolute atomic E-state index is 3.58. The SMILES string of the molecule is CNCC1(CNc2c[nH]c3ccccc23)CC1.